The van der Waals surface area contributed by atoms with Gasteiger partial charge in [0.1, 0.15) is 25.6 Å². The van der Waals surface area contributed by atoms with Crippen LogP contribution in [0.1, 0.15) is 11.1 Å². The first-order chi connectivity index (χ1) is 12.4. The van der Waals surface area contributed by atoms with Crippen molar-refractivity contribution in [3.63, 3.8) is 0 Å². The molecule has 2 aromatic rings. The Labute approximate surface area is 147 Å². The van der Waals surface area contributed by atoms with Crippen molar-refractivity contribution in [2.75, 3.05) is 13.2 Å². The Morgan fingerprint density at radius 1 is 0.962 bits per heavy atom. The van der Waals surface area contributed by atoms with Gasteiger partial charge in [-0.15, -0.1) is 13.2 Å². The molecular weight excluding hydrogens is 353 g/mol. The lowest BCUT2D eigenvalue weighted by atomic mass is 10.1. The predicted octanol–water partition coefficient (Wildman–Crippen LogP) is 3.64. The minimum absolute atomic E-state index is 0.0459. The SMILES string of the molecule is O=C(Cc1ccc2c(c1)OCCO2)OCc1ccc(OC(F)(F)F)cc1. The molecule has 138 valence electrons. The molecule has 0 bridgehead atoms. The molecule has 1 aliphatic rings. The summed E-state index contributed by atoms with van der Waals surface area (Å²) in [5.74, 6) is 0.428. The lowest BCUT2D eigenvalue weighted by molar-refractivity contribution is -0.274. The van der Waals surface area contributed by atoms with Gasteiger partial charge in [0, 0.05) is 0 Å². The van der Waals surface area contributed by atoms with Crippen LogP contribution in [0.5, 0.6) is 17.2 Å². The molecule has 1 heterocycles. The second-order valence-electron chi connectivity index (χ2n) is 5.51. The average Bonchev–Trinajstić information content (AvgIpc) is 2.60. The third kappa shape index (κ3) is 5.05. The number of carbonyl (C=O) groups excluding carboxylic acids is 1. The maximum atomic E-state index is 12.1. The summed E-state index contributed by atoms with van der Waals surface area (Å²) in [6.07, 6.45) is -4.69. The summed E-state index contributed by atoms with van der Waals surface area (Å²) in [5.41, 5.74) is 1.27. The van der Waals surface area contributed by atoms with Gasteiger partial charge < -0.3 is 18.9 Å². The highest BCUT2D eigenvalue weighted by atomic mass is 19.4. The van der Waals surface area contributed by atoms with Crippen molar-refractivity contribution in [2.45, 2.75) is 19.4 Å². The summed E-state index contributed by atoms with van der Waals surface area (Å²) in [6.45, 7) is 0.895. The van der Waals surface area contributed by atoms with E-state index in [4.69, 9.17) is 14.2 Å². The van der Waals surface area contributed by atoms with Gasteiger partial charge in [-0.05, 0) is 35.4 Å². The Kier molecular flexibility index (Phi) is 5.20. The topological polar surface area (TPSA) is 54.0 Å². The monoisotopic (exact) mass is 368 g/mol. The first kappa shape index (κ1) is 17.9. The third-order valence-electron chi connectivity index (χ3n) is 3.51. The molecule has 1 aliphatic heterocycles. The maximum Gasteiger partial charge on any atom is 0.573 e. The highest BCUT2D eigenvalue weighted by molar-refractivity contribution is 5.73. The summed E-state index contributed by atoms with van der Waals surface area (Å²) in [7, 11) is 0. The number of halogens is 3. The molecule has 0 unspecified atom stereocenters. The Morgan fingerprint density at radius 2 is 1.62 bits per heavy atom. The van der Waals surface area contributed by atoms with E-state index in [-0.39, 0.29) is 18.8 Å². The van der Waals surface area contributed by atoms with Crippen molar-refractivity contribution < 1.29 is 36.9 Å². The molecule has 5 nitrogen and oxygen atoms in total. The van der Waals surface area contributed by atoms with Gasteiger partial charge in [0.15, 0.2) is 11.5 Å². The van der Waals surface area contributed by atoms with E-state index in [0.717, 1.165) is 12.1 Å². The number of fused-ring (bicyclic) bond motifs is 1. The lowest BCUT2D eigenvalue weighted by Crippen LogP contribution is -2.17. The highest BCUT2D eigenvalue weighted by Crippen LogP contribution is 2.31. The summed E-state index contributed by atoms with van der Waals surface area (Å²) in [4.78, 5) is 11.9. The fourth-order valence-corrected chi connectivity index (χ4v) is 2.37. The van der Waals surface area contributed by atoms with Gasteiger partial charge in [0.25, 0.3) is 0 Å². The van der Waals surface area contributed by atoms with Crippen LogP contribution in [0.4, 0.5) is 13.2 Å². The van der Waals surface area contributed by atoms with E-state index in [1.807, 2.05) is 0 Å². The lowest BCUT2D eigenvalue weighted by Gasteiger charge is -2.18. The van der Waals surface area contributed by atoms with Crippen molar-refractivity contribution in [1.29, 1.82) is 0 Å². The van der Waals surface area contributed by atoms with Crippen LogP contribution in [0.15, 0.2) is 42.5 Å². The Morgan fingerprint density at radius 3 is 2.31 bits per heavy atom. The molecule has 0 aliphatic carbocycles. The van der Waals surface area contributed by atoms with Crippen LogP contribution in [-0.4, -0.2) is 25.5 Å². The van der Waals surface area contributed by atoms with Gasteiger partial charge in [0.05, 0.1) is 6.42 Å². The fourth-order valence-electron chi connectivity index (χ4n) is 2.37. The predicted molar refractivity (Wildman–Crippen MR) is 84.1 cm³/mol. The van der Waals surface area contributed by atoms with Gasteiger partial charge in [0.2, 0.25) is 0 Å². The first-order valence-corrected chi connectivity index (χ1v) is 7.78. The highest BCUT2D eigenvalue weighted by Gasteiger charge is 2.30. The van der Waals surface area contributed by atoms with E-state index in [2.05, 4.69) is 4.74 Å². The number of rotatable bonds is 5. The van der Waals surface area contributed by atoms with Crippen LogP contribution in [0, 0.1) is 0 Å². The number of alkyl halides is 3. The smallest absolute Gasteiger partial charge is 0.486 e. The molecule has 0 N–H and O–H groups in total. The van der Waals surface area contributed by atoms with Gasteiger partial charge >= 0.3 is 12.3 Å². The number of benzene rings is 2. The van der Waals surface area contributed by atoms with Crippen LogP contribution in [0.2, 0.25) is 0 Å². The van der Waals surface area contributed by atoms with E-state index in [0.29, 0.717) is 35.8 Å². The first-order valence-electron chi connectivity index (χ1n) is 7.78. The van der Waals surface area contributed by atoms with Crippen molar-refractivity contribution in [1.82, 2.24) is 0 Å². The van der Waals surface area contributed by atoms with Gasteiger partial charge in [-0.2, -0.15) is 0 Å². The van der Waals surface area contributed by atoms with Crippen LogP contribution in [-0.2, 0) is 22.6 Å². The molecule has 3 rings (SSSR count). The van der Waals surface area contributed by atoms with Crippen LogP contribution >= 0.6 is 0 Å². The Bertz CT molecular complexity index is 771. The Balaban J connectivity index is 1.51. The second-order valence-corrected chi connectivity index (χ2v) is 5.51. The molecule has 0 spiro atoms. The summed E-state index contributed by atoms with van der Waals surface area (Å²) in [5, 5.41) is 0. The van der Waals surface area contributed by atoms with Gasteiger partial charge in [-0.3, -0.25) is 4.79 Å². The molecule has 0 fully saturated rings. The van der Waals surface area contributed by atoms with E-state index in [9.17, 15) is 18.0 Å². The number of esters is 1. The summed E-state index contributed by atoms with van der Waals surface area (Å²) in [6, 6.07) is 10.3. The minimum Gasteiger partial charge on any atom is -0.486 e. The molecule has 0 saturated heterocycles. The van der Waals surface area contributed by atoms with Crippen LogP contribution < -0.4 is 14.2 Å². The van der Waals surface area contributed by atoms with E-state index >= 15 is 0 Å². The fraction of sp³-hybridized carbons (Fsp3) is 0.278. The zero-order valence-electron chi connectivity index (χ0n) is 13.5. The van der Waals surface area contributed by atoms with Crippen molar-refractivity contribution >= 4 is 5.97 Å². The van der Waals surface area contributed by atoms with Gasteiger partial charge in [-0.1, -0.05) is 18.2 Å². The molecule has 2 aromatic carbocycles. The van der Waals surface area contributed by atoms with Crippen molar-refractivity contribution in [3.05, 3.63) is 53.6 Å². The largest absolute Gasteiger partial charge is 0.573 e. The van der Waals surface area contributed by atoms with Crippen LogP contribution in [0.3, 0.4) is 0 Å². The number of hydrogen-bond acceptors (Lipinski definition) is 5. The van der Waals surface area contributed by atoms with Gasteiger partial charge in [-0.25, -0.2) is 0 Å². The standard InChI is InChI=1S/C18H15F3O5/c19-18(20,21)26-14-4-1-12(2-5-14)11-25-17(22)10-13-3-6-15-16(9-13)24-8-7-23-15/h1-6,9H,7-8,10-11H2. The zero-order chi connectivity index (χ0) is 18.6. The van der Waals surface area contributed by atoms with Crippen molar-refractivity contribution in [3.8, 4) is 17.2 Å². The normalized spacial score (nSPS) is 13.2. The minimum atomic E-state index is -4.74. The molecule has 0 aromatic heterocycles. The molecule has 0 amide bonds. The quantitative estimate of drug-likeness (QED) is 0.755. The summed E-state index contributed by atoms with van der Waals surface area (Å²) >= 11 is 0. The molecule has 0 atom stereocenters. The zero-order valence-corrected chi connectivity index (χ0v) is 13.5. The van der Waals surface area contributed by atoms with E-state index in [1.54, 1.807) is 18.2 Å². The third-order valence-corrected chi connectivity index (χ3v) is 3.51. The second kappa shape index (κ2) is 7.55. The van der Waals surface area contributed by atoms with Crippen LogP contribution in [0.25, 0.3) is 0 Å². The molecule has 8 heteroatoms. The average molecular weight is 368 g/mol. The van der Waals surface area contributed by atoms with E-state index < -0.39 is 12.3 Å². The maximum absolute atomic E-state index is 12.1. The Hall–Kier alpha value is -2.90. The molecule has 26 heavy (non-hydrogen) atoms. The number of hydrogen-bond donors (Lipinski definition) is 0. The van der Waals surface area contributed by atoms with E-state index in [1.165, 1.54) is 12.1 Å². The number of ether oxygens (including phenoxy) is 4. The summed E-state index contributed by atoms with van der Waals surface area (Å²) < 4.78 is 56.1. The molecular formula is C18H15F3O5. The molecule has 0 saturated carbocycles. The van der Waals surface area contributed by atoms with Crippen molar-refractivity contribution in [2.24, 2.45) is 0 Å². The number of carbonyl (C=O) groups is 1. The molecule has 0 radical (unpaired) electrons.